The van der Waals surface area contributed by atoms with E-state index in [-0.39, 0.29) is 6.04 Å². The van der Waals surface area contributed by atoms with Crippen molar-refractivity contribution in [1.29, 1.82) is 0 Å². The van der Waals surface area contributed by atoms with Crippen molar-refractivity contribution in [3.8, 4) is 0 Å². The maximum Gasteiger partial charge on any atom is 0.0834 e. The van der Waals surface area contributed by atoms with Gasteiger partial charge in [0, 0.05) is 12.5 Å². The second-order valence-corrected chi connectivity index (χ2v) is 5.88. The third kappa shape index (κ3) is 2.25. The molecule has 1 aromatic carbocycles. The van der Waals surface area contributed by atoms with E-state index < -0.39 is 0 Å². The van der Waals surface area contributed by atoms with Crippen LogP contribution in [-0.4, -0.2) is 9.78 Å². The summed E-state index contributed by atoms with van der Waals surface area (Å²) in [6.45, 7) is 3.00. The second-order valence-electron chi connectivity index (χ2n) is 5.47. The standard InChI is InChI=1S/C16H20ClN3/c1-2-9-20-16(14(17)10-19-20)15(18)13-8-7-11-5-3-4-6-12(11)13/h3-6,10,13,15H,2,7-9,18H2,1H3. The van der Waals surface area contributed by atoms with Gasteiger partial charge in [0.15, 0.2) is 0 Å². The van der Waals surface area contributed by atoms with Gasteiger partial charge in [-0.1, -0.05) is 42.8 Å². The van der Waals surface area contributed by atoms with Crippen LogP contribution in [-0.2, 0) is 13.0 Å². The summed E-state index contributed by atoms with van der Waals surface area (Å²) in [7, 11) is 0. The number of rotatable bonds is 4. The molecule has 0 amide bonds. The Bertz CT molecular complexity index is 606. The molecule has 4 heteroatoms. The van der Waals surface area contributed by atoms with Gasteiger partial charge in [-0.15, -0.1) is 0 Å². The summed E-state index contributed by atoms with van der Waals surface area (Å²) in [6.07, 6.45) is 4.94. The van der Waals surface area contributed by atoms with Gasteiger partial charge in [0.05, 0.1) is 23.0 Å². The second kappa shape index (κ2) is 5.58. The van der Waals surface area contributed by atoms with Crippen LogP contribution in [0.3, 0.4) is 0 Å². The van der Waals surface area contributed by atoms with Gasteiger partial charge in [-0.25, -0.2) is 0 Å². The monoisotopic (exact) mass is 289 g/mol. The molecule has 20 heavy (non-hydrogen) atoms. The largest absolute Gasteiger partial charge is 0.322 e. The van der Waals surface area contributed by atoms with E-state index in [2.05, 4.69) is 36.3 Å². The van der Waals surface area contributed by atoms with Crippen LogP contribution in [0.5, 0.6) is 0 Å². The zero-order chi connectivity index (χ0) is 14.1. The first kappa shape index (κ1) is 13.7. The Morgan fingerprint density at radius 2 is 2.25 bits per heavy atom. The Balaban J connectivity index is 1.94. The molecule has 0 spiro atoms. The maximum atomic E-state index is 6.55. The lowest BCUT2D eigenvalue weighted by atomic mass is 9.91. The number of hydrogen-bond acceptors (Lipinski definition) is 2. The van der Waals surface area contributed by atoms with E-state index in [4.69, 9.17) is 17.3 Å². The van der Waals surface area contributed by atoms with E-state index in [9.17, 15) is 0 Å². The molecule has 1 aliphatic rings. The quantitative estimate of drug-likeness (QED) is 0.933. The first-order valence-corrected chi connectivity index (χ1v) is 7.64. The Hall–Kier alpha value is -1.32. The van der Waals surface area contributed by atoms with E-state index >= 15 is 0 Å². The fourth-order valence-corrected chi connectivity index (χ4v) is 3.51. The SMILES string of the molecule is CCCn1ncc(Cl)c1C(N)C1CCc2ccccc21. The number of fused-ring (bicyclic) bond motifs is 1. The maximum absolute atomic E-state index is 6.55. The van der Waals surface area contributed by atoms with E-state index in [1.165, 1.54) is 11.1 Å². The summed E-state index contributed by atoms with van der Waals surface area (Å²) in [5.74, 6) is 0.344. The van der Waals surface area contributed by atoms with Crippen LogP contribution in [0.25, 0.3) is 0 Å². The highest BCUT2D eigenvalue weighted by atomic mass is 35.5. The number of nitrogens with zero attached hydrogens (tertiary/aromatic N) is 2. The minimum Gasteiger partial charge on any atom is -0.322 e. The zero-order valence-corrected chi connectivity index (χ0v) is 12.5. The highest BCUT2D eigenvalue weighted by Crippen LogP contribution is 2.41. The summed E-state index contributed by atoms with van der Waals surface area (Å²) in [5, 5.41) is 5.05. The van der Waals surface area contributed by atoms with Crippen LogP contribution < -0.4 is 5.73 Å². The highest BCUT2D eigenvalue weighted by molar-refractivity contribution is 6.31. The molecular weight excluding hydrogens is 270 g/mol. The van der Waals surface area contributed by atoms with Gasteiger partial charge < -0.3 is 5.73 Å². The third-order valence-electron chi connectivity index (χ3n) is 4.20. The van der Waals surface area contributed by atoms with Gasteiger partial charge in [0.25, 0.3) is 0 Å². The van der Waals surface area contributed by atoms with Gasteiger partial charge in [-0.2, -0.15) is 5.10 Å². The molecule has 2 aromatic rings. The van der Waals surface area contributed by atoms with Crippen molar-refractivity contribution in [2.24, 2.45) is 5.73 Å². The predicted molar refractivity (Wildman–Crippen MR) is 82.0 cm³/mol. The molecule has 0 saturated carbocycles. The van der Waals surface area contributed by atoms with Crippen LogP contribution in [0.2, 0.25) is 5.02 Å². The van der Waals surface area contributed by atoms with Crippen molar-refractivity contribution in [3.05, 3.63) is 52.3 Å². The van der Waals surface area contributed by atoms with E-state index in [0.29, 0.717) is 10.9 Å². The fraction of sp³-hybridized carbons (Fsp3) is 0.438. The van der Waals surface area contributed by atoms with E-state index in [1.807, 2.05) is 4.68 Å². The summed E-state index contributed by atoms with van der Waals surface area (Å²) in [6, 6.07) is 8.50. The molecule has 0 radical (unpaired) electrons. The van der Waals surface area contributed by atoms with Gasteiger partial charge in [0.1, 0.15) is 0 Å². The number of aryl methyl sites for hydroxylation is 2. The zero-order valence-electron chi connectivity index (χ0n) is 11.7. The van der Waals surface area contributed by atoms with Crippen molar-refractivity contribution in [2.45, 2.75) is 44.7 Å². The van der Waals surface area contributed by atoms with Crippen molar-refractivity contribution in [1.82, 2.24) is 9.78 Å². The Morgan fingerprint density at radius 1 is 1.45 bits per heavy atom. The van der Waals surface area contributed by atoms with Crippen molar-refractivity contribution in [2.75, 3.05) is 0 Å². The lowest BCUT2D eigenvalue weighted by molar-refractivity contribution is 0.483. The molecule has 1 aromatic heterocycles. The summed E-state index contributed by atoms with van der Waals surface area (Å²) in [5.41, 5.74) is 10.3. The van der Waals surface area contributed by atoms with Gasteiger partial charge in [0.2, 0.25) is 0 Å². The average molecular weight is 290 g/mol. The number of halogens is 1. The van der Waals surface area contributed by atoms with Crippen molar-refractivity contribution >= 4 is 11.6 Å². The van der Waals surface area contributed by atoms with E-state index in [1.54, 1.807) is 6.20 Å². The number of benzene rings is 1. The van der Waals surface area contributed by atoms with Crippen LogP contribution in [0, 0.1) is 0 Å². The molecule has 0 aliphatic heterocycles. The molecule has 2 unspecified atom stereocenters. The Labute approximate surface area is 124 Å². The molecule has 3 nitrogen and oxygen atoms in total. The summed E-state index contributed by atoms with van der Waals surface area (Å²) >= 11 is 6.32. The third-order valence-corrected chi connectivity index (χ3v) is 4.49. The lowest BCUT2D eigenvalue weighted by Crippen LogP contribution is -2.22. The van der Waals surface area contributed by atoms with Crippen LogP contribution in [0.15, 0.2) is 30.5 Å². The Morgan fingerprint density at radius 3 is 3.05 bits per heavy atom. The molecule has 0 bridgehead atoms. The number of aromatic nitrogens is 2. The topological polar surface area (TPSA) is 43.8 Å². The number of nitrogens with two attached hydrogens (primary N) is 1. The molecule has 1 heterocycles. The first-order valence-electron chi connectivity index (χ1n) is 7.27. The minimum absolute atomic E-state index is 0.0831. The predicted octanol–water partition coefficient (Wildman–Crippen LogP) is 3.68. The molecule has 0 fully saturated rings. The average Bonchev–Trinajstić information content (AvgIpc) is 3.03. The molecule has 2 atom stereocenters. The molecule has 2 N–H and O–H groups in total. The van der Waals surface area contributed by atoms with Crippen LogP contribution >= 0.6 is 11.6 Å². The fourth-order valence-electron chi connectivity index (χ4n) is 3.25. The van der Waals surface area contributed by atoms with Gasteiger partial charge in [-0.05, 0) is 30.4 Å². The molecule has 0 saturated heterocycles. The first-order chi connectivity index (χ1) is 9.72. The van der Waals surface area contributed by atoms with Crippen LogP contribution in [0.4, 0.5) is 0 Å². The van der Waals surface area contributed by atoms with Crippen molar-refractivity contribution in [3.63, 3.8) is 0 Å². The van der Waals surface area contributed by atoms with E-state index in [0.717, 1.165) is 31.5 Å². The number of hydrogen-bond donors (Lipinski definition) is 1. The molecular formula is C16H20ClN3. The molecule has 106 valence electrons. The lowest BCUT2D eigenvalue weighted by Gasteiger charge is -2.22. The normalized spacial score (nSPS) is 19.1. The highest BCUT2D eigenvalue weighted by Gasteiger charge is 2.31. The minimum atomic E-state index is -0.0831. The van der Waals surface area contributed by atoms with Crippen LogP contribution in [0.1, 0.15) is 48.5 Å². The summed E-state index contributed by atoms with van der Waals surface area (Å²) in [4.78, 5) is 0. The smallest absolute Gasteiger partial charge is 0.0834 e. The molecule has 1 aliphatic carbocycles. The summed E-state index contributed by atoms with van der Waals surface area (Å²) < 4.78 is 1.97. The van der Waals surface area contributed by atoms with Gasteiger partial charge in [-0.3, -0.25) is 4.68 Å². The van der Waals surface area contributed by atoms with Crippen molar-refractivity contribution < 1.29 is 0 Å². The molecule has 3 rings (SSSR count). The van der Waals surface area contributed by atoms with Gasteiger partial charge >= 0.3 is 0 Å². The Kier molecular flexibility index (Phi) is 3.81.